The van der Waals surface area contributed by atoms with E-state index in [4.69, 9.17) is 0 Å². The van der Waals surface area contributed by atoms with E-state index in [9.17, 15) is 9.90 Å². The number of nitrogens with zero attached hydrogens (tertiary/aromatic N) is 3. The third kappa shape index (κ3) is 2.18. The molecule has 1 atom stereocenters. The van der Waals surface area contributed by atoms with Crippen LogP contribution in [0.25, 0.3) is 5.52 Å². The number of carboxylic acids is 1. The lowest BCUT2D eigenvalue weighted by Gasteiger charge is -2.22. The first-order valence-corrected chi connectivity index (χ1v) is 7.13. The molecule has 5 heteroatoms. The molecule has 2 aromatic rings. The molecular weight excluding hydrogens is 254 g/mol. The summed E-state index contributed by atoms with van der Waals surface area (Å²) in [5.74, 6) is 0.0477. The number of pyridine rings is 1. The van der Waals surface area contributed by atoms with Crippen molar-refractivity contribution in [2.45, 2.75) is 32.2 Å². The monoisotopic (exact) mass is 273 g/mol. The van der Waals surface area contributed by atoms with E-state index in [2.05, 4.69) is 16.8 Å². The number of aromatic carboxylic acids is 1. The molecule has 1 aliphatic rings. The minimum atomic E-state index is -0.905. The molecule has 106 valence electrons. The lowest BCUT2D eigenvalue weighted by Crippen LogP contribution is -2.31. The summed E-state index contributed by atoms with van der Waals surface area (Å²) in [4.78, 5) is 18.1. The van der Waals surface area contributed by atoms with Crippen LogP contribution in [0.4, 0.5) is 0 Å². The number of likely N-dealkylation sites (N-methyl/N-ethyl adjacent to an activating group) is 1. The Morgan fingerprint density at radius 1 is 1.55 bits per heavy atom. The fourth-order valence-corrected chi connectivity index (χ4v) is 3.16. The molecule has 5 nitrogen and oxygen atoms in total. The second-order valence-corrected chi connectivity index (χ2v) is 5.29. The molecular formula is C15H19N3O2. The second kappa shape index (κ2) is 5.25. The van der Waals surface area contributed by atoms with Gasteiger partial charge in [0.2, 0.25) is 0 Å². The maximum Gasteiger partial charge on any atom is 0.337 e. The third-order valence-corrected chi connectivity index (χ3v) is 4.20. The molecule has 0 aliphatic carbocycles. The Balaban J connectivity index is 1.93. The van der Waals surface area contributed by atoms with Crippen LogP contribution in [0.2, 0.25) is 0 Å². The van der Waals surface area contributed by atoms with Gasteiger partial charge in [0.25, 0.3) is 0 Å². The number of carbonyl (C=O) groups is 1. The van der Waals surface area contributed by atoms with Crippen LogP contribution in [-0.4, -0.2) is 44.5 Å². The first-order chi connectivity index (χ1) is 9.70. The Labute approximate surface area is 117 Å². The van der Waals surface area contributed by atoms with Gasteiger partial charge in [0.05, 0.1) is 17.3 Å². The molecule has 0 saturated carbocycles. The van der Waals surface area contributed by atoms with Gasteiger partial charge in [-0.3, -0.25) is 0 Å². The van der Waals surface area contributed by atoms with Gasteiger partial charge in [0, 0.05) is 18.7 Å². The molecule has 0 spiro atoms. The van der Waals surface area contributed by atoms with E-state index in [0.717, 1.165) is 25.3 Å². The van der Waals surface area contributed by atoms with Gasteiger partial charge in [-0.05, 0) is 38.1 Å². The van der Waals surface area contributed by atoms with Gasteiger partial charge in [-0.2, -0.15) is 0 Å². The molecule has 1 aliphatic heterocycles. The summed E-state index contributed by atoms with van der Waals surface area (Å²) in [5, 5.41) is 9.21. The zero-order valence-corrected chi connectivity index (χ0v) is 11.6. The zero-order chi connectivity index (χ0) is 14.1. The number of fused-ring (bicyclic) bond motifs is 1. The van der Waals surface area contributed by atoms with Gasteiger partial charge in [0.15, 0.2) is 0 Å². The number of carboxylic acid groups (broad SMARTS) is 1. The average Bonchev–Trinajstić information content (AvgIpc) is 3.06. The Hall–Kier alpha value is -1.88. The highest BCUT2D eigenvalue weighted by molar-refractivity contribution is 5.95. The summed E-state index contributed by atoms with van der Waals surface area (Å²) in [6.45, 7) is 4.41. The molecule has 2 aromatic heterocycles. The first-order valence-electron chi connectivity index (χ1n) is 7.13. The predicted octanol–water partition coefficient (Wildman–Crippen LogP) is 2.06. The second-order valence-electron chi connectivity index (χ2n) is 5.29. The van der Waals surface area contributed by atoms with Crippen LogP contribution in [0.1, 0.15) is 35.9 Å². The Morgan fingerprint density at radius 2 is 2.40 bits per heavy atom. The van der Waals surface area contributed by atoms with E-state index in [1.165, 1.54) is 12.8 Å². The van der Waals surface area contributed by atoms with Crippen molar-refractivity contribution < 1.29 is 9.90 Å². The van der Waals surface area contributed by atoms with E-state index < -0.39 is 5.97 Å². The average molecular weight is 273 g/mol. The number of aromatic nitrogens is 2. The Morgan fingerprint density at radius 3 is 3.15 bits per heavy atom. The van der Waals surface area contributed by atoms with Gasteiger partial charge < -0.3 is 14.4 Å². The summed E-state index contributed by atoms with van der Waals surface area (Å²) in [5.41, 5.74) is 0.987. The molecule has 0 radical (unpaired) electrons. The molecule has 1 unspecified atom stereocenters. The van der Waals surface area contributed by atoms with Crippen molar-refractivity contribution >= 4 is 11.5 Å². The van der Waals surface area contributed by atoms with Gasteiger partial charge in [-0.25, -0.2) is 9.78 Å². The molecule has 1 saturated heterocycles. The summed E-state index contributed by atoms with van der Waals surface area (Å²) in [7, 11) is 0. The highest BCUT2D eigenvalue weighted by atomic mass is 16.4. The number of likely N-dealkylation sites (tertiary alicyclic amines) is 1. The minimum absolute atomic E-state index is 0.310. The van der Waals surface area contributed by atoms with Crippen LogP contribution >= 0.6 is 0 Å². The maximum atomic E-state index is 11.2. The molecule has 3 rings (SSSR count). The van der Waals surface area contributed by atoms with Crippen molar-refractivity contribution in [1.29, 1.82) is 0 Å². The molecule has 1 fully saturated rings. The van der Waals surface area contributed by atoms with Crippen molar-refractivity contribution in [2.75, 3.05) is 13.1 Å². The first kappa shape index (κ1) is 13.1. The van der Waals surface area contributed by atoms with E-state index in [1.54, 1.807) is 18.3 Å². The summed E-state index contributed by atoms with van der Waals surface area (Å²) >= 11 is 0. The fraction of sp³-hybridized carbons (Fsp3) is 0.467. The van der Waals surface area contributed by atoms with Crippen LogP contribution in [0, 0.1) is 0 Å². The van der Waals surface area contributed by atoms with Gasteiger partial charge >= 0.3 is 5.97 Å². The molecule has 0 bridgehead atoms. The highest BCUT2D eigenvalue weighted by Gasteiger charge is 2.24. The number of rotatable bonds is 4. The van der Waals surface area contributed by atoms with Gasteiger partial charge in [-0.15, -0.1) is 0 Å². The lowest BCUT2D eigenvalue weighted by molar-refractivity contribution is 0.0698. The van der Waals surface area contributed by atoms with Crippen molar-refractivity contribution in [3.8, 4) is 0 Å². The van der Waals surface area contributed by atoms with Crippen molar-refractivity contribution in [3.63, 3.8) is 0 Å². The van der Waals surface area contributed by atoms with Crippen LogP contribution in [0.15, 0.2) is 24.5 Å². The molecule has 20 heavy (non-hydrogen) atoms. The SMILES string of the molecule is CCN1CCCC1Cc1ncc2c(C(=O)O)cccn12. The normalized spacial score (nSPS) is 19.8. The molecule has 3 heterocycles. The largest absolute Gasteiger partial charge is 0.478 e. The maximum absolute atomic E-state index is 11.2. The number of hydrogen-bond acceptors (Lipinski definition) is 3. The van der Waals surface area contributed by atoms with E-state index in [0.29, 0.717) is 17.1 Å². The van der Waals surface area contributed by atoms with Crippen LogP contribution in [0.5, 0.6) is 0 Å². The molecule has 0 aromatic carbocycles. The van der Waals surface area contributed by atoms with Crippen molar-refractivity contribution in [1.82, 2.24) is 14.3 Å². The van der Waals surface area contributed by atoms with Crippen LogP contribution in [0.3, 0.4) is 0 Å². The predicted molar refractivity (Wildman–Crippen MR) is 76.1 cm³/mol. The number of hydrogen-bond donors (Lipinski definition) is 1. The van der Waals surface area contributed by atoms with Gasteiger partial charge in [0.1, 0.15) is 5.82 Å². The lowest BCUT2D eigenvalue weighted by atomic mass is 10.1. The fourth-order valence-electron chi connectivity index (χ4n) is 3.16. The standard InChI is InChI=1S/C15H19N3O2/c1-2-17-7-3-5-11(17)9-14-16-10-13-12(15(19)20)6-4-8-18(13)14/h4,6,8,10-11H,2-3,5,7,9H2,1H3,(H,19,20). The van der Waals surface area contributed by atoms with Crippen molar-refractivity contribution in [3.05, 3.63) is 35.9 Å². The minimum Gasteiger partial charge on any atom is -0.478 e. The van der Waals surface area contributed by atoms with E-state index in [1.807, 2.05) is 10.6 Å². The quantitative estimate of drug-likeness (QED) is 0.926. The highest BCUT2D eigenvalue weighted by Crippen LogP contribution is 2.21. The summed E-state index contributed by atoms with van der Waals surface area (Å²) in [6, 6.07) is 3.92. The van der Waals surface area contributed by atoms with Crippen LogP contribution < -0.4 is 0 Å². The zero-order valence-electron chi connectivity index (χ0n) is 11.6. The molecule has 0 amide bonds. The topological polar surface area (TPSA) is 57.8 Å². The van der Waals surface area contributed by atoms with Gasteiger partial charge in [-0.1, -0.05) is 6.92 Å². The third-order valence-electron chi connectivity index (χ3n) is 4.20. The summed E-state index contributed by atoms with van der Waals surface area (Å²) in [6.07, 6.45) is 6.88. The smallest absolute Gasteiger partial charge is 0.337 e. The molecule has 1 N–H and O–H groups in total. The Bertz CT molecular complexity index is 635. The van der Waals surface area contributed by atoms with E-state index >= 15 is 0 Å². The van der Waals surface area contributed by atoms with Crippen LogP contribution in [-0.2, 0) is 6.42 Å². The number of imidazole rings is 1. The van der Waals surface area contributed by atoms with E-state index in [-0.39, 0.29) is 0 Å². The Kier molecular flexibility index (Phi) is 3.44. The summed E-state index contributed by atoms with van der Waals surface area (Å²) < 4.78 is 1.91. The van der Waals surface area contributed by atoms with Crippen molar-refractivity contribution in [2.24, 2.45) is 0 Å².